The highest BCUT2D eigenvalue weighted by Gasteiger charge is 2.38. The Hall–Kier alpha value is -0.790. The maximum absolute atomic E-state index is 11.4. The number of carboxylic acid groups (broad SMARTS) is 1. The number of hydrogen-bond donors (Lipinski definition) is 1. The van der Waals surface area contributed by atoms with Crippen LogP contribution in [0.4, 0.5) is 0 Å². The van der Waals surface area contributed by atoms with Gasteiger partial charge in [0.25, 0.3) is 0 Å². The molecule has 0 bridgehead atoms. The van der Waals surface area contributed by atoms with Crippen molar-refractivity contribution in [1.29, 1.82) is 0 Å². The van der Waals surface area contributed by atoms with E-state index in [1.54, 1.807) is 0 Å². The van der Waals surface area contributed by atoms with E-state index in [-0.39, 0.29) is 0 Å². The largest absolute Gasteiger partial charge is 0.481 e. The van der Waals surface area contributed by atoms with E-state index >= 15 is 0 Å². The molecule has 0 unspecified atom stereocenters. The summed E-state index contributed by atoms with van der Waals surface area (Å²) in [6.07, 6.45) is 7.74. The van der Waals surface area contributed by atoms with Gasteiger partial charge >= 0.3 is 5.97 Å². The van der Waals surface area contributed by atoms with E-state index in [0.29, 0.717) is 6.42 Å². The predicted octanol–water partition coefficient (Wildman–Crippen LogP) is 3.77. The van der Waals surface area contributed by atoms with E-state index in [4.69, 9.17) is 0 Å². The molecule has 0 amide bonds. The van der Waals surface area contributed by atoms with Crippen molar-refractivity contribution in [1.82, 2.24) is 0 Å². The van der Waals surface area contributed by atoms with Crippen LogP contribution in [0, 0.1) is 5.41 Å². The van der Waals surface area contributed by atoms with Gasteiger partial charge in [-0.15, -0.1) is 0 Å². The van der Waals surface area contributed by atoms with Crippen molar-refractivity contribution in [3.05, 3.63) is 12.2 Å². The summed E-state index contributed by atoms with van der Waals surface area (Å²) < 4.78 is 0. The lowest BCUT2D eigenvalue weighted by atomic mass is 9.75. The SMILES string of the molecule is C=C(CC)CC1(C(=O)O)CCCCCC1. The number of carbonyl (C=O) groups is 1. The molecule has 0 heterocycles. The number of allylic oxidation sites excluding steroid dienone is 1. The van der Waals surface area contributed by atoms with Gasteiger partial charge in [-0.05, 0) is 25.7 Å². The Balaban J connectivity index is 2.75. The summed E-state index contributed by atoms with van der Waals surface area (Å²) in [5.74, 6) is -0.612. The third kappa shape index (κ3) is 3.08. The van der Waals surface area contributed by atoms with Gasteiger partial charge in [0.05, 0.1) is 5.41 Å². The van der Waals surface area contributed by atoms with Crippen LogP contribution in [0.25, 0.3) is 0 Å². The first-order valence-electron chi connectivity index (χ1n) is 6.01. The van der Waals surface area contributed by atoms with Gasteiger partial charge in [0.15, 0.2) is 0 Å². The van der Waals surface area contributed by atoms with Crippen LogP contribution in [0.5, 0.6) is 0 Å². The van der Waals surface area contributed by atoms with Gasteiger partial charge in [-0.2, -0.15) is 0 Å². The second-order valence-corrected chi connectivity index (χ2v) is 4.78. The number of aliphatic carboxylic acids is 1. The fourth-order valence-electron chi connectivity index (χ4n) is 2.48. The molecule has 0 aromatic heterocycles. The summed E-state index contributed by atoms with van der Waals surface area (Å²) in [5, 5.41) is 9.42. The first-order valence-corrected chi connectivity index (χ1v) is 6.01. The molecular formula is C13H22O2. The number of rotatable bonds is 4. The predicted molar refractivity (Wildman–Crippen MR) is 61.8 cm³/mol. The van der Waals surface area contributed by atoms with Gasteiger partial charge < -0.3 is 5.11 Å². The van der Waals surface area contributed by atoms with Gasteiger partial charge in [0.2, 0.25) is 0 Å². The highest BCUT2D eigenvalue weighted by Crippen LogP contribution is 2.40. The van der Waals surface area contributed by atoms with Crippen LogP contribution in [0.3, 0.4) is 0 Å². The molecule has 0 aliphatic heterocycles. The topological polar surface area (TPSA) is 37.3 Å². The minimum Gasteiger partial charge on any atom is -0.481 e. The first kappa shape index (κ1) is 12.3. The molecule has 0 atom stereocenters. The third-order valence-corrected chi connectivity index (χ3v) is 3.60. The number of carboxylic acids is 1. The molecule has 1 N–H and O–H groups in total. The Morgan fingerprint density at radius 1 is 1.27 bits per heavy atom. The Morgan fingerprint density at radius 3 is 2.20 bits per heavy atom. The molecule has 1 rings (SSSR count). The van der Waals surface area contributed by atoms with Crippen LogP contribution in [0.15, 0.2) is 12.2 Å². The van der Waals surface area contributed by atoms with Crippen LogP contribution in [-0.2, 0) is 4.79 Å². The molecule has 2 heteroatoms. The fourth-order valence-corrected chi connectivity index (χ4v) is 2.48. The molecule has 0 saturated heterocycles. The average Bonchev–Trinajstić information content (AvgIpc) is 2.44. The molecule has 0 aromatic rings. The maximum atomic E-state index is 11.4. The lowest BCUT2D eigenvalue weighted by Gasteiger charge is -2.28. The zero-order valence-corrected chi connectivity index (χ0v) is 9.72. The molecule has 86 valence electrons. The first-order chi connectivity index (χ1) is 7.10. The standard InChI is InChI=1S/C13H22O2/c1-3-11(2)10-13(12(14)15)8-6-4-5-7-9-13/h2-10H2,1H3,(H,14,15). The Kier molecular flexibility index (Phi) is 4.37. The lowest BCUT2D eigenvalue weighted by molar-refractivity contribution is -0.149. The molecule has 0 aromatic carbocycles. The minimum absolute atomic E-state index is 0.496. The van der Waals surface area contributed by atoms with Crippen molar-refractivity contribution in [2.45, 2.75) is 58.3 Å². The van der Waals surface area contributed by atoms with Crippen molar-refractivity contribution >= 4 is 5.97 Å². The molecule has 0 radical (unpaired) electrons. The molecule has 1 fully saturated rings. The van der Waals surface area contributed by atoms with Crippen molar-refractivity contribution in [2.24, 2.45) is 5.41 Å². The Bertz CT molecular complexity index is 235. The minimum atomic E-state index is -0.612. The molecule has 15 heavy (non-hydrogen) atoms. The van der Waals surface area contributed by atoms with Crippen LogP contribution in [-0.4, -0.2) is 11.1 Å². The smallest absolute Gasteiger partial charge is 0.309 e. The zero-order valence-electron chi connectivity index (χ0n) is 9.72. The number of hydrogen-bond acceptors (Lipinski definition) is 1. The average molecular weight is 210 g/mol. The second-order valence-electron chi connectivity index (χ2n) is 4.78. The van der Waals surface area contributed by atoms with Crippen LogP contribution < -0.4 is 0 Å². The van der Waals surface area contributed by atoms with Gasteiger partial charge in [-0.3, -0.25) is 4.79 Å². The van der Waals surface area contributed by atoms with E-state index in [2.05, 4.69) is 13.5 Å². The van der Waals surface area contributed by atoms with Gasteiger partial charge in [0.1, 0.15) is 0 Å². The summed E-state index contributed by atoms with van der Waals surface area (Å²) in [4.78, 5) is 11.4. The molecule has 0 spiro atoms. The summed E-state index contributed by atoms with van der Waals surface area (Å²) in [7, 11) is 0. The van der Waals surface area contributed by atoms with E-state index in [1.165, 1.54) is 12.8 Å². The molecule has 1 aliphatic carbocycles. The van der Waals surface area contributed by atoms with Crippen LogP contribution in [0.1, 0.15) is 58.3 Å². The van der Waals surface area contributed by atoms with Crippen molar-refractivity contribution in [2.75, 3.05) is 0 Å². The summed E-state index contributed by atoms with van der Waals surface area (Å²) >= 11 is 0. The third-order valence-electron chi connectivity index (χ3n) is 3.60. The van der Waals surface area contributed by atoms with Crippen LogP contribution >= 0.6 is 0 Å². The lowest BCUT2D eigenvalue weighted by Crippen LogP contribution is -2.30. The Labute approximate surface area is 92.4 Å². The molecular weight excluding hydrogens is 188 g/mol. The summed E-state index contributed by atoms with van der Waals surface area (Å²) in [5.41, 5.74) is 0.586. The summed E-state index contributed by atoms with van der Waals surface area (Å²) in [6, 6.07) is 0. The van der Waals surface area contributed by atoms with Gasteiger partial charge in [0, 0.05) is 0 Å². The highest BCUT2D eigenvalue weighted by atomic mass is 16.4. The summed E-state index contributed by atoms with van der Waals surface area (Å²) in [6.45, 7) is 6.01. The van der Waals surface area contributed by atoms with E-state index < -0.39 is 11.4 Å². The van der Waals surface area contributed by atoms with E-state index in [9.17, 15) is 9.90 Å². The van der Waals surface area contributed by atoms with E-state index in [1.807, 2.05) is 0 Å². The molecule has 2 nitrogen and oxygen atoms in total. The fraction of sp³-hybridized carbons (Fsp3) is 0.769. The van der Waals surface area contributed by atoms with Crippen molar-refractivity contribution in [3.8, 4) is 0 Å². The monoisotopic (exact) mass is 210 g/mol. The molecule has 1 saturated carbocycles. The van der Waals surface area contributed by atoms with Gasteiger partial charge in [-0.25, -0.2) is 0 Å². The van der Waals surface area contributed by atoms with E-state index in [0.717, 1.165) is 37.7 Å². The molecule has 1 aliphatic rings. The van der Waals surface area contributed by atoms with Crippen molar-refractivity contribution in [3.63, 3.8) is 0 Å². The van der Waals surface area contributed by atoms with Gasteiger partial charge in [-0.1, -0.05) is 44.8 Å². The Morgan fingerprint density at radius 2 is 1.80 bits per heavy atom. The normalized spacial score (nSPS) is 20.6. The maximum Gasteiger partial charge on any atom is 0.309 e. The highest BCUT2D eigenvalue weighted by molar-refractivity contribution is 5.75. The zero-order chi connectivity index (χ0) is 11.3. The van der Waals surface area contributed by atoms with Crippen LogP contribution in [0.2, 0.25) is 0 Å². The quantitative estimate of drug-likeness (QED) is 0.566. The van der Waals surface area contributed by atoms with Crippen molar-refractivity contribution < 1.29 is 9.90 Å². The second kappa shape index (κ2) is 5.34.